The Morgan fingerprint density at radius 1 is 0.957 bits per heavy atom. The molecule has 1 aliphatic rings. The lowest BCUT2D eigenvalue weighted by molar-refractivity contribution is -0.136. The van der Waals surface area contributed by atoms with Crippen LogP contribution in [0.4, 0.5) is 5.69 Å². The lowest BCUT2D eigenvalue weighted by atomic mass is 9.83. The molecule has 0 saturated heterocycles. The predicted octanol–water partition coefficient (Wildman–Crippen LogP) is 6.49. The number of sulfone groups is 1. The molecule has 3 aromatic rings. The highest BCUT2D eigenvalue weighted by Gasteiger charge is 2.24. The first-order valence-electron chi connectivity index (χ1n) is 16.0. The van der Waals surface area contributed by atoms with Crippen LogP contribution < -0.4 is 15.4 Å². The molecule has 0 aromatic heterocycles. The molecule has 46 heavy (non-hydrogen) atoms. The molecule has 1 fully saturated rings. The molecular formula is C36H44N2O7S. The summed E-state index contributed by atoms with van der Waals surface area (Å²) in [7, 11) is -3.62. The summed E-state index contributed by atoms with van der Waals surface area (Å²) in [5, 5.41) is 14.3. The van der Waals surface area contributed by atoms with Gasteiger partial charge < -0.3 is 20.5 Å². The van der Waals surface area contributed by atoms with E-state index >= 15 is 0 Å². The molecule has 246 valence electrons. The summed E-state index contributed by atoms with van der Waals surface area (Å²) in [4.78, 5) is 37.1. The molecule has 0 radical (unpaired) electrons. The number of carboxylic acid groups (broad SMARTS) is 1. The fourth-order valence-electron chi connectivity index (χ4n) is 5.76. The number of ether oxygens (including phenoxy) is 1. The zero-order chi connectivity index (χ0) is 33.1. The SMILES string of the molecule is CCCCOc1ccc(NC(=O)C(Cc2ccc(C(=O)NCCC(=O)O)cc2)c2ccc(C3CCCCC3)cc2)cc1S(C)(=O)=O. The van der Waals surface area contributed by atoms with Crippen LogP contribution in [0, 0.1) is 0 Å². The van der Waals surface area contributed by atoms with Gasteiger partial charge in [0.1, 0.15) is 10.6 Å². The lowest BCUT2D eigenvalue weighted by Crippen LogP contribution is -2.26. The Morgan fingerprint density at radius 3 is 2.28 bits per heavy atom. The van der Waals surface area contributed by atoms with E-state index in [-0.39, 0.29) is 35.4 Å². The zero-order valence-corrected chi connectivity index (χ0v) is 27.4. The number of carbonyl (C=O) groups excluding carboxylic acids is 2. The summed E-state index contributed by atoms with van der Waals surface area (Å²) >= 11 is 0. The van der Waals surface area contributed by atoms with Crippen LogP contribution in [0.3, 0.4) is 0 Å². The van der Waals surface area contributed by atoms with E-state index in [1.165, 1.54) is 43.7 Å². The largest absolute Gasteiger partial charge is 0.492 e. The van der Waals surface area contributed by atoms with Gasteiger partial charge in [0, 0.05) is 24.1 Å². The fraction of sp³-hybridized carbons (Fsp3) is 0.417. The molecule has 9 nitrogen and oxygen atoms in total. The predicted molar refractivity (Wildman–Crippen MR) is 178 cm³/mol. The van der Waals surface area contributed by atoms with Gasteiger partial charge in [-0.05, 0) is 78.6 Å². The summed E-state index contributed by atoms with van der Waals surface area (Å²) in [6.45, 7) is 2.45. The number of amides is 2. The molecule has 3 N–H and O–H groups in total. The average molecular weight is 649 g/mol. The number of nitrogens with one attached hydrogen (secondary N) is 2. The van der Waals surface area contributed by atoms with Gasteiger partial charge in [0.15, 0.2) is 9.84 Å². The first-order chi connectivity index (χ1) is 22.0. The number of rotatable bonds is 15. The summed E-state index contributed by atoms with van der Waals surface area (Å²) in [5.74, 6) is -1.47. The summed E-state index contributed by atoms with van der Waals surface area (Å²) in [6.07, 6.45) is 9.05. The Bertz CT molecular complexity index is 1600. The third-order valence-electron chi connectivity index (χ3n) is 8.38. The van der Waals surface area contributed by atoms with E-state index in [1.54, 1.807) is 36.4 Å². The molecule has 0 bridgehead atoms. The smallest absolute Gasteiger partial charge is 0.305 e. The minimum atomic E-state index is -3.62. The van der Waals surface area contributed by atoms with E-state index < -0.39 is 21.7 Å². The summed E-state index contributed by atoms with van der Waals surface area (Å²) in [6, 6.07) is 19.8. The van der Waals surface area contributed by atoms with Gasteiger partial charge in [-0.15, -0.1) is 0 Å². The van der Waals surface area contributed by atoms with Gasteiger partial charge in [0.2, 0.25) is 5.91 Å². The second kappa shape index (κ2) is 16.4. The Kier molecular flexibility index (Phi) is 12.4. The number of anilines is 1. The topological polar surface area (TPSA) is 139 Å². The van der Waals surface area contributed by atoms with Crippen molar-refractivity contribution in [3.05, 3.63) is 89.0 Å². The molecule has 1 atom stereocenters. The Hall–Kier alpha value is -4.18. The minimum absolute atomic E-state index is 0.0204. The van der Waals surface area contributed by atoms with Gasteiger partial charge in [-0.2, -0.15) is 0 Å². The number of hydrogen-bond donors (Lipinski definition) is 3. The molecule has 1 aliphatic carbocycles. The van der Waals surface area contributed by atoms with Crippen LogP contribution in [0.5, 0.6) is 5.75 Å². The molecule has 2 amide bonds. The monoisotopic (exact) mass is 648 g/mol. The molecule has 0 heterocycles. The second-order valence-corrected chi connectivity index (χ2v) is 14.0. The van der Waals surface area contributed by atoms with Crippen molar-refractivity contribution in [3.8, 4) is 5.75 Å². The van der Waals surface area contributed by atoms with Gasteiger partial charge in [-0.3, -0.25) is 14.4 Å². The molecular weight excluding hydrogens is 604 g/mol. The van der Waals surface area contributed by atoms with Crippen LogP contribution in [0.15, 0.2) is 71.6 Å². The number of carboxylic acids is 1. The van der Waals surface area contributed by atoms with Crippen LogP contribution in [-0.4, -0.2) is 50.7 Å². The third-order valence-corrected chi connectivity index (χ3v) is 9.50. The van der Waals surface area contributed by atoms with Crippen molar-refractivity contribution >= 4 is 33.3 Å². The van der Waals surface area contributed by atoms with Crippen molar-refractivity contribution in [2.45, 2.75) is 81.4 Å². The minimum Gasteiger partial charge on any atom is -0.492 e. The lowest BCUT2D eigenvalue weighted by Gasteiger charge is -2.23. The highest BCUT2D eigenvalue weighted by atomic mass is 32.2. The van der Waals surface area contributed by atoms with Crippen molar-refractivity contribution in [1.82, 2.24) is 5.32 Å². The average Bonchev–Trinajstić information content (AvgIpc) is 3.04. The standard InChI is InChI=1S/C36H44N2O7S/c1-3-4-22-45-32-19-18-30(24-33(32)46(2,43)44)38-36(42)31(28-16-14-27(15-17-28)26-8-6-5-7-9-26)23-25-10-12-29(13-11-25)35(41)37-21-20-34(39)40/h10-19,24,26,31H,3-9,20-23H2,1-2H3,(H,37,41)(H,38,42)(H,39,40). The zero-order valence-electron chi connectivity index (χ0n) is 26.6. The van der Waals surface area contributed by atoms with Crippen molar-refractivity contribution in [2.24, 2.45) is 0 Å². The first kappa shape index (κ1) is 34.7. The van der Waals surface area contributed by atoms with Gasteiger partial charge in [0.05, 0.1) is 18.9 Å². The van der Waals surface area contributed by atoms with Crippen LogP contribution >= 0.6 is 0 Å². The van der Waals surface area contributed by atoms with E-state index in [2.05, 4.69) is 22.8 Å². The quantitative estimate of drug-likeness (QED) is 0.160. The second-order valence-electron chi connectivity index (χ2n) is 12.0. The van der Waals surface area contributed by atoms with Gasteiger partial charge in [-0.1, -0.05) is 69.0 Å². The number of benzene rings is 3. The van der Waals surface area contributed by atoms with Crippen molar-refractivity contribution < 1.29 is 32.6 Å². The molecule has 10 heteroatoms. The maximum absolute atomic E-state index is 13.9. The van der Waals surface area contributed by atoms with Crippen LogP contribution in [0.1, 0.15) is 97.2 Å². The van der Waals surface area contributed by atoms with Gasteiger partial charge in [0.25, 0.3) is 5.91 Å². The van der Waals surface area contributed by atoms with Crippen LogP contribution in [0.2, 0.25) is 0 Å². The molecule has 3 aromatic carbocycles. The fourth-order valence-corrected chi connectivity index (χ4v) is 6.60. The molecule has 1 unspecified atom stereocenters. The molecule has 1 saturated carbocycles. The Labute approximate surface area is 271 Å². The van der Waals surface area contributed by atoms with E-state index in [0.717, 1.165) is 30.2 Å². The summed E-state index contributed by atoms with van der Waals surface area (Å²) < 4.78 is 30.9. The maximum Gasteiger partial charge on any atom is 0.305 e. The number of hydrogen-bond acceptors (Lipinski definition) is 6. The normalized spacial score (nSPS) is 14.3. The molecule has 4 rings (SSSR count). The Balaban J connectivity index is 1.57. The maximum atomic E-state index is 13.9. The van der Waals surface area contributed by atoms with Gasteiger partial charge in [-0.25, -0.2) is 8.42 Å². The third kappa shape index (κ3) is 9.91. The number of unbranched alkanes of at least 4 members (excludes halogenated alkanes) is 1. The van der Waals surface area contributed by atoms with E-state index in [0.29, 0.717) is 30.2 Å². The highest BCUT2D eigenvalue weighted by molar-refractivity contribution is 7.90. The van der Waals surface area contributed by atoms with Crippen LogP contribution in [0.25, 0.3) is 0 Å². The van der Waals surface area contributed by atoms with E-state index in [1.807, 2.05) is 19.1 Å². The van der Waals surface area contributed by atoms with Crippen molar-refractivity contribution in [2.75, 3.05) is 24.7 Å². The molecule has 0 aliphatic heterocycles. The molecule has 0 spiro atoms. The number of aliphatic carboxylic acids is 1. The Morgan fingerprint density at radius 2 is 1.65 bits per heavy atom. The van der Waals surface area contributed by atoms with Crippen molar-refractivity contribution in [1.29, 1.82) is 0 Å². The van der Waals surface area contributed by atoms with E-state index in [4.69, 9.17) is 9.84 Å². The van der Waals surface area contributed by atoms with E-state index in [9.17, 15) is 22.8 Å². The van der Waals surface area contributed by atoms with Crippen LogP contribution in [-0.2, 0) is 25.8 Å². The number of carbonyl (C=O) groups is 3. The first-order valence-corrected chi connectivity index (χ1v) is 17.9. The van der Waals surface area contributed by atoms with Crippen molar-refractivity contribution in [3.63, 3.8) is 0 Å². The summed E-state index contributed by atoms with van der Waals surface area (Å²) in [5.41, 5.74) is 3.68. The van der Waals surface area contributed by atoms with Gasteiger partial charge >= 0.3 is 5.97 Å². The highest BCUT2D eigenvalue weighted by Crippen LogP contribution is 2.34.